The lowest BCUT2D eigenvalue weighted by molar-refractivity contribution is 0.153. The molecule has 0 spiro atoms. The van der Waals surface area contributed by atoms with Gasteiger partial charge in [0, 0.05) is 26.9 Å². The Morgan fingerprint density at radius 3 is 2.64 bits per heavy atom. The van der Waals surface area contributed by atoms with Gasteiger partial charge in [0.15, 0.2) is 5.96 Å². The molecule has 2 aromatic rings. The molecule has 0 amide bonds. The zero-order chi connectivity index (χ0) is 19.7. The number of aliphatic imine (C=N–C) groups is 1. The summed E-state index contributed by atoms with van der Waals surface area (Å²) in [7, 11) is 0.644. The first-order chi connectivity index (χ1) is 12.9. The van der Waals surface area contributed by atoms with Gasteiger partial charge in [-0.05, 0) is 5.56 Å². The molecule has 2 N–H and O–H groups in total. The number of benzene rings is 1. The van der Waals surface area contributed by atoms with E-state index in [1.54, 1.807) is 7.05 Å². The summed E-state index contributed by atoms with van der Waals surface area (Å²) in [5.41, 5.74) is 2.06. The summed E-state index contributed by atoms with van der Waals surface area (Å²) in [5, 5.41) is 3.19. The van der Waals surface area contributed by atoms with Gasteiger partial charge >= 0.3 is 0 Å². The van der Waals surface area contributed by atoms with Crippen LogP contribution in [0.4, 0.5) is 0 Å². The van der Waals surface area contributed by atoms with Crippen LogP contribution in [0.25, 0.3) is 11.3 Å². The van der Waals surface area contributed by atoms with Crippen molar-refractivity contribution in [3.05, 3.63) is 42.4 Å². The minimum atomic E-state index is -2.99. The van der Waals surface area contributed by atoms with E-state index in [1.807, 2.05) is 48.5 Å². The van der Waals surface area contributed by atoms with E-state index >= 15 is 0 Å². The second-order valence-corrected chi connectivity index (χ2v) is 8.44. The maximum absolute atomic E-state index is 11.0. The topological polar surface area (TPSA) is 99.7 Å². The fourth-order valence-electron chi connectivity index (χ4n) is 2.44. The van der Waals surface area contributed by atoms with Crippen molar-refractivity contribution >= 4 is 39.8 Å². The lowest BCUT2D eigenvalue weighted by Gasteiger charge is -2.21. The highest BCUT2D eigenvalue weighted by Crippen LogP contribution is 2.16. The highest BCUT2D eigenvalue weighted by molar-refractivity contribution is 14.0. The monoisotopic (exact) mass is 521 g/mol. The molecule has 10 heteroatoms. The van der Waals surface area contributed by atoms with Crippen molar-refractivity contribution in [3.8, 4) is 11.3 Å². The molecule has 0 fully saturated rings. The number of sulfone groups is 1. The quantitative estimate of drug-likeness (QED) is 0.226. The molecule has 0 unspecified atom stereocenters. The predicted octanol–water partition coefficient (Wildman–Crippen LogP) is 1.76. The maximum Gasteiger partial charge on any atom is 0.193 e. The summed E-state index contributed by atoms with van der Waals surface area (Å²) >= 11 is 0. The van der Waals surface area contributed by atoms with Crippen molar-refractivity contribution in [1.29, 1.82) is 0 Å². The third-order valence-electron chi connectivity index (χ3n) is 3.80. The minimum Gasteiger partial charge on any atom is -0.379 e. The number of ether oxygens (including phenoxy) is 1. The van der Waals surface area contributed by atoms with Crippen LogP contribution in [0, 0.1) is 0 Å². The first kappa shape index (κ1) is 24.4. The number of aromatic nitrogens is 2. The minimum absolute atomic E-state index is 0. The van der Waals surface area contributed by atoms with Gasteiger partial charge in [-0.1, -0.05) is 30.3 Å². The van der Waals surface area contributed by atoms with Crippen LogP contribution in [0.2, 0.25) is 0 Å². The van der Waals surface area contributed by atoms with Crippen molar-refractivity contribution in [2.45, 2.75) is 6.54 Å². The van der Waals surface area contributed by atoms with Crippen LogP contribution in [0.1, 0.15) is 5.82 Å². The fraction of sp³-hybridized carbons (Fsp3) is 0.444. The van der Waals surface area contributed by atoms with Crippen molar-refractivity contribution < 1.29 is 13.2 Å². The van der Waals surface area contributed by atoms with Gasteiger partial charge in [0.25, 0.3) is 0 Å². The summed E-state index contributed by atoms with van der Waals surface area (Å²) in [4.78, 5) is 13.9. The van der Waals surface area contributed by atoms with Gasteiger partial charge in [-0.2, -0.15) is 0 Å². The number of halogens is 1. The summed E-state index contributed by atoms with van der Waals surface area (Å²) in [6.45, 7) is 1.71. The average molecular weight is 521 g/mol. The highest BCUT2D eigenvalue weighted by Gasteiger charge is 2.10. The first-order valence-corrected chi connectivity index (χ1v) is 10.7. The molecular formula is C18H28IN5O3S. The molecule has 0 saturated carbocycles. The van der Waals surface area contributed by atoms with Gasteiger partial charge < -0.3 is 19.9 Å². The van der Waals surface area contributed by atoms with E-state index in [0.29, 0.717) is 25.7 Å². The van der Waals surface area contributed by atoms with Crippen molar-refractivity contribution in [1.82, 2.24) is 20.2 Å². The van der Waals surface area contributed by atoms with Gasteiger partial charge in [-0.15, -0.1) is 24.0 Å². The molecule has 2 rings (SSSR count). The molecule has 0 aliphatic rings. The number of imidazole rings is 1. The molecule has 0 radical (unpaired) electrons. The lowest BCUT2D eigenvalue weighted by Crippen LogP contribution is -2.40. The molecule has 0 aliphatic carbocycles. The largest absolute Gasteiger partial charge is 0.379 e. The number of aromatic amines is 1. The molecular weight excluding hydrogens is 493 g/mol. The smallest absolute Gasteiger partial charge is 0.193 e. The zero-order valence-electron chi connectivity index (χ0n) is 16.4. The van der Waals surface area contributed by atoms with Gasteiger partial charge in [0.2, 0.25) is 0 Å². The lowest BCUT2D eigenvalue weighted by atomic mass is 10.2. The standard InChI is InChI=1S/C18H27N5O3S.HI/c1-19-18(20-9-10-26-11-12-27(3,24)25)23(2)14-17-21-13-16(22-17)15-7-5-4-6-8-15;/h4-8,13H,9-12,14H2,1-3H3,(H,19,20)(H,21,22);1H. The number of hydrogen-bond donors (Lipinski definition) is 2. The van der Waals surface area contributed by atoms with E-state index in [4.69, 9.17) is 4.74 Å². The Kier molecular flexibility index (Phi) is 10.5. The molecule has 1 heterocycles. The molecule has 156 valence electrons. The van der Waals surface area contributed by atoms with E-state index in [1.165, 1.54) is 6.26 Å². The van der Waals surface area contributed by atoms with Gasteiger partial charge in [0.1, 0.15) is 15.7 Å². The zero-order valence-corrected chi connectivity index (χ0v) is 19.5. The summed E-state index contributed by atoms with van der Waals surface area (Å²) < 4.78 is 27.4. The number of H-pyrrole nitrogens is 1. The highest BCUT2D eigenvalue weighted by atomic mass is 127. The molecule has 0 atom stereocenters. The molecule has 0 bridgehead atoms. The number of guanidine groups is 1. The molecule has 28 heavy (non-hydrogen) atoms. The van der Waals surface area contributed by atoms with E-state index in [9.17, 15) is 8.42 Å². The third kappa shape index (κ3) is 8.57. The summed E-state index contributed by atoms with van der Waals surface area (Å²) in [6, 6.07) is 10.0. The van der Waals surface area contributed by atoms with E-state index in [0.717, 1.165) is 17.1 Å². The van der Waals surface area contributed by atoms with Crippen molar-refractivity contribution in [2.24, 2.45) is 4.99 Å². The average Bonchev–Trinajstić information content (AvgIpc) is 3.09. The van der Waals surface area contributed by atoms with Crippen LogP contribution in [-0.2, 0) is 21.1 Å². The van der Waals surface area contributed by atoms with Crippen LogP contribution in [0.3, 0.4) is 0 Å². The van der Waals surface area contributed by atoms with Crippen LogP contribution < -0.4 is 5.32 Å². The number of hydrogen-bond acceptors (Lipinski definition) is 5. The second kappa shape index (κ2) is 12.0. The van der Waals surface area contributed by atoms with Crippen molar-refractivity contribution in [2.75, 3.05) is 45.9 Å². The van der Waals surface area contributed by atoms with Crippen LogP contribution in [0.15, 0.2) is 41.5 Å². The summed E-state index contributed by atoms with van der Waals surface area (Å²) in [5.74, 6) is 1.58. The molecule has 1 aromatic carbocycles. The van der Waals surface area contributed by atoms with E-state index in [2.05, 4.69) is 20.3 Å². The van der Waals surface area contributed by atoms with E-state index in [-0.39, 0.29) is 36.3 Å². The Morgan fingerprint density at radius 1 is 1.29 bits per heavy atom. The molecule has 8 nitrogen and oxygen atoms in total. The van der Waals surface area contributed by atoms with Crippen LogP contribution in [0.5, 0.6) is 0 Å². The Bertz CT molecular complexity index is 840. The van der Waals surface area contributed by atoms with Gasteiger partial charge in [-0.25, -0.2) is 13.4 Å². The Hall–Kier alpha value is -1.66. The Balaban J connectivity index is 0.00000392. The van der Waals surface area contributed by atoms with Crippen molar-refractivity contribution in [3.63, 3.8) is 0 Å². The van der Waals surface area contributed by atoms with Crippen LogP contribution in [-0.4, -0.2) is 75.1 Å². The van der Waals surface area contributed by atoms with Gasteiger partial charge in [-0.3, -0.25) is 4.99 Å². The van der Waals surface area contributed by atoms with Crippen LogP contribution >= 0.6 is 24.0 Å². The predicted molar refractivity (Wildman–Crippen MR) is 123 cm³/mol. The summed E-state index contributed by atoms with van der Waals surface area (Å²) in [6.07, 6.45) is 3.02. The number of rotatable bonds is 9. The Labute approximate surface area is 183 Å². The Morgan fingerprint density at radius 2 is 2.00 bits per heavy atom. The second-order valence-electron chi connectivity index (χ2n) is 6.18. The van der Waals surface area contributed by atoms with Gasteiger partial charge in [0.05, 0.1) is 37.4 Å². The number of nitrogens with one attached hydrogen (secondary N) is 2. The fourth-order valence-corrected chi connectivity index (χ4v) is 2.86. The molecule has 0 saturated heterocycles. The third-order valence-corrected chi connectivity index (χ3v) is 4.71. The van der Waals surface area contributed by atoms with E-state index < -0.39 is 9.84 Å². The number of nitrogens with zero attached hydrogens (tertiary/aromatic N) is 3. The SMILES string of the molecule is CN=C(NCCOCCS(C)(=O)=O)N(C)Cc1ncc(-c2ccccc2)[nH]1.I. The normalized spacial score (nSPS) is 11.8. The first-order valence-electron chi connectivity index (χ1n) is 8.65. The molecule has 1 aromatic heterocycles. The molecule has 0 aliphatic heterocycles. The maximum atomic E-state index is 11.0.